The van der Waals surface area contributed by atoms with Crippen molar-refractivity contribution in [2.75, 3.05) is 0 Å². The van der Waals surface area contributed by atoms with Crippen molar-refractivity contribution in [2.45, 2.75) is 37.9 Å². The van der Waals surface area contributed by atoms with Crippen LogP contribution in [-0.2, 0) is 11.0 Å². The van der Waals surface area contributed by atoms with E-state index in [1.807, 2.05) is 0 Å². The van der Waals surface area contributed by atoms with Gasteiger partial charge in [0.15, 0.2) is 0 Å². The van der Waals surface area contributed by atoms with E-state index >= 15 is 0 Å². The van der Waals surface area contributed by atoms with Crippen LogP contribution in [0.1, 0.15) is 36.8 Å². The molecule has 0 aromatic heterocycles. The number of hydrogen-bond acceptors (Lipinski definition) is 2. The smallest absolute Gasteiger partial charge is 0.349 e. The Bertz CT molecular complexity index is 606. The van der Waals surface area contributed by atoms with Gasteiger partial charge in [-0.05, 0) is 36.6 Å². The van der Waals surface area contributed by atoms with Crippen LogP contribution in [0.25, 0.3) is 6.08 Å². The van der Waals surface area contributed by atoms with E-state index in [0.29, 0.717) is 5.56 Å². The van der Waals surface area contributed by atoms with E-state index in [1.54, 1.807) is 6.07 Å². The standard InChI is InChI=1S/C16H15F3N2O/c17-16(18,19)13-7-5-11(6-8-13)9-12(10-20)15(22)21-14-3-1-2-4-14/h5-9,14H,1-4H2,(H,21,22)/b12-9-. The minimum atomic E-state index is -4.40. The summed E-state index contributed by atoms with van der Waals surface area (Å²) in [4.78, 5) is 12.0. The zero-order valence-electron chi connectivity index (χ0n) is 11.8. The van der Waals surface area contributed by atoms with E-state index in [0.717, 1.165) is 37.8 Å². The molecule has 1 aromatic carbocycles. The highest BCUT2D eigenvalue weighted by Crippen LogP contribution is 2.29. The van der Waals surface area contributed by atoms with Crippen molar-refractivity contribution >= 4 is 12.0 Å². The number of benzene rings is 1. The maximum atomic E-state index is 12.5. The molecule has 22 heavy (non-hydrogen) atoms. The number of nitriles is 1. The molecular weight excluding hydrogens is 293 g/mol. The number of carbonyl (C=O) groups excluding carboxylic acids is 1. The summed E-state index contributed by atoms with van der Waals surface area (Å²) in [5, 5.41) is 11.8. The van der Waals surface area contributed by atoms with Crippen LogP contribution in [-0.4, -0.2) is 11.9 Å². The Morgan fingerprint density at radius 1 is 1.23 bits per heavy atom. The molecule has 0 saturated heterocycles. The van der Waals surface area contributed by atoms with Crippen molar-refractivity contribution in [3.05, 3.63) is 41.0 Å². The summed E-state index contributed by atoms with van der Waals surface area (Å²) in [6.07, 6.45) is 0.783. The first-order valence-electron chi connectivity index (χ1n) is 7.00. The normalized spacial score (nSPS) is 16.4. The zero-order valence-corrected chi connectivity index (χ0v) is 11.8. The summed E-state index contributed by atoms with van der Waals surface area (Å²) < 4.78 is 37.4. The molecule has 0 aliphatic heterocycles. The molecule has 0 atom stereocenters. The second-order valence-corrected chi connectivity index (χ2v) is 5.24. The van der Waals surface area contributed by atoms with Crippen LogP contribution in [0.5, 0.6) is 0 Å². The van der Waals surface area contributed by atoms with Crippen LogP contribution in [0.15, 0.2) is 29.8 Å². The van der Waals surface area contributed by atoms with E-state index in [1.165, 1.54) is 18.2 Å². The van der Waals surface area contributed by atoms with E-state index in [4.69, 9.17) is 5.26 Å². The number of carbonyl (C=O) groups is 1. The van der Waals surface area contributed by atoms with Gasteiger partial charge in [0, 0.05) is 6.04 Å². The van der Waals surface area contributed by atoms with Crippen molar-refractivity contribution in [2.24, 2.45) is 0 Å². The van der Waals surface area contributed by atoms with Crippen LogP contribution in [0, 0.1) is 11.3 Å². The first-order valence-corrected chi connectivity index (χ1v) is 7.00. The minimum absolute atomic E-state index is 0.0804. The summed E-state index contributed by atoms with van der Waals surface area (Å²) in [5.41, 5.74) is -0.489. The van der Waals surface area contributed by atoms with Crippen molar-refractivity contribution in [3.63, 3.8) is 0 Å². The predicted molar refractivity (Wildman–Crippen MR) is 75.4 cm³/mol. The van der Waals surface area contributed by atoms with E-state index in [9.17, 15) is 18.0 Å². The predicted octanol–water partition coefficient (Wildman–Crippen LogP) is 3.67. The lowest BCUT2D eigenvalue weighted by Gasteiger charge is -2.11. The molecule has 1 N–H and O–H groups in total. The topological polar surface area (TPSA) is 52.9 Å². The fourth-order valence-electron chi connectivity index (χ4n) is 2.42. The lowest BCUT2D eigenvalue weighted by atomic mass is 10.1. The third kappa shape index (κ3) is 4.10. The second-order valence-electron chi connectivity index (χ2n) is 5.24. The first kappa shape index (κ1) is 16.1. The molecule has 0 heterocycles. The number of nitrogens with zero attached hydrogens (tertiary/aromatic N) is 1. The molecule has 1 fully saturated rings. The summed E-state index contributed by atoms with van der Waals surface area (Å²) in [6.45, 7) is 0. The van der Waals surface area contributed by atoms with Crippen LogP contribution < -0.4 is 5.32 Å². The summed E-state index contributed by atoms with van der Waals surface area (Å²) in [6, 6.07) is 6.21. The molecule has 1 saturated carbocycles. The SMILES string of the molecule is N#C/C(=C/c1ccc(C(F)(F)F)cc1)C(=O)NC1CCCC1. The average molecular weight is 308 g/mol. The van der Waals surface area contributed by atoms with Crippen molar-refractivity contribution in [1.82, 2.24) is 5.32 Å². The van der Waals surface area contributed by atoms with Gasteiger partial charge in [0.05, 0.1) is 5.56 Å². The third-order valence-electron chi connectivity index (χ3n) is 3.60. The Morgan fingerprint density at radius 2 is 1.82 bits per heavy atom. The average Bonchev–Trinajstić information content (AvgIpc) is 2.97. The maximum absolute atomic E-state index is 12.5. The number of rotatable bonds is 3. The molecule has 0 radical (unpaired) electrons. The van der Waals surface area contributed by atoms with E-state index < -0.39 is 17.6 Å². The summed E-state index contributed by atoms with van der Waals surface area (Å²) in [5.74, 6) is -0.478. The minimum Gasteiger partial charge on any atom is -0.349 e. The van der Waals surface area contributed by atoms with Gasteiger partial charge in [-0.15, -0.1) is 0 Å². The molecule has 116 valence electrons. The van der Waals surface area contributed by atoms with Gasteiger partial charge in [-0.2, -0.15) is 18.4 Å². The van der Waals surface area contributed by atoms with Crippen LogP contribution in [0.4, 0.5) is 13.2 Å². The highest BCUT2D eigenvalue weighted by atomic mass is 19.4. The number of amides is 1. The van der Waals surface area contributed by atoms with Gasteiger partial charge in [0.25, 0.3) is 5.91 Å². The fourth-order valence-corrected chi connectivity index (χ4v) is 2.42. The summed E-state index contributed by atoms with van der Waals surface area (Å²) >= 11 is 0. The monoisotopic (exact) mass is 308 g/mol. The number of nitrogens with one attached hydrogen (secondary N) is 1. The largest absolute Gasteiger partial charge is 0.416 e. The molecule has 1 aliphatic rings. The highest BCUT2D eigenvalue weighted by Gasteiger charge is 2.29. The Morgan fingerprint density at radius 3 is 2.32 bits per heavy atom. The Labute approximate surface area is 126 Å². The van der Waals surface area contributed by atoms with Crippen LogP contribution in [0.2, 0.25) is 0 Å². The molecule has 0 bridgehead atoms. The molecule has 2 rings (SSSR count). The first-order chi connectivity index (χ1) is 10.4. The highest BCUT2D eigenvalue weighted by molar-refractivity contribution is 6.01. The van der Waals surface area contributed by atoms with E-state index in [2.05, 4.69) is 5.32 Å². The van der Waals surface area contributed by atoms with Crippen molar-refractivity contribution in [1.29, 1.82) is 5.26 Å². The van der Waals surface area contributed by atoms with Crippen LogP contribution in [0.3, 0.4) is 0 Å². The Balaban J connectivity index is 2.11. The van der Waals surface area contributed by atoms with Gasteiger partial charge in [0.1, 0.15) is 11.6 Å². The van der Waals surface area contributed by atoms with Gasteiger partial charge < -0.3 is 5.32 Å². The molecule has 6 heteroatoms. The molecular formula is C16H15F3N2O. The fraction of sp³-hybridized carbons (Fsp3) is 0.375. The molecule has 1 aromatic rings. The van der Waals surface area contributed by atoms with Crippen molar-refractivity contribution in [3.8, 4) is 6.07 Å². The number of hydrogen-bond donors (Lipinski definition) is 1. The third-order valence-corrected chi connectivity index (χ3v) is 3.60. The van der Waals surface area contributed by atoms with Crippen LogP contribution >= 0.6 is 0 Å². The lowest BCUT2D eigenvalue weighted by Crippen LogP contribution is -2.33. The Hall–Kier alpha value is -2.29. The quantitative estimate of drug-likeness (QED) is 0.684. The van der Waals surface area contributed by atoms with Gasteiger partial charge in [-0.1, -0.05) is 25.0 Å². The maximum Gasteiger partial charge on any atom is 0.416 e. The lowest BCUT2D eigenvalue weighted by molar-refractivity contribution is -0.137. The molecule has 3 nitrogen and oxygen atoms in total. The van der Waals surface area contributed by atoms with E-state index in [-0.39, 0.29) is 11.6 Å². The Kier molecular flexibility index (Phi) is 4.86. The van der Waals surface area contributed by atoms with Gasteiger partial charge >= 0.3 is 6.18 Å². The zero-order chi connectivity index (χ0) is 16.2. The molecule has 1 amide bonds. The molecule has 1 aliphatic carbocycles. The number of halogens is 3. The summed E-state index contributed by atoms with van der Waals surface area (Å²) in [7, 11) is 0. The second kappa shape index (κ2) is 6.65. The van der Waals surface area contributed by atoms with Gasteiger partial charge in [-0.25, -0.2) is 0 Å². The molecule has 0 unspecified atom stereocenters. The van der Waals surface area contributed by atoms with Gasteiger partial charge in [0.2, 0.25) is 0 Å². The molecule has 0 spiro atoms. The van der Waals surface area contributed by atoms with Crippen molar-refractivity contribution < 1.29 is 18.0 Å². The van der Waals surface area contributed by atoms with Gasteiger partial charge in [-0.3, -0.25) is 4.79 Å². The number of alkyl halides is 3.